The van der Waals surface area contributed by atoms with Crippen molar-refractivity contribution >= 4 is 22.7 Å². The number of para-hydroxylation sites is 1. The van der Waals surface area contributed by atoms with Crippen LogP contribution in [0.15, 0.2) is 24.3 Å². The molecule has 0 radical (unpaired) electrons. The number of unbranched alkanes of at least 4 members (excludes halogenated alkanes) is 15. The SMILES string of the molecule is Br.CCCCCCCCCCCCCCCCCCc1ccccc1N(CC)CC. The molecule has 0 aliphatic carbocycles. The van der Waals surface area contributed by atoms with Crippen molar-refractivity contribution in [1.82, 2.24) is 0 Å². The molecular formula is C28H52BrN. The molecule has 1 nitrogen and oxygen atoms in total. The lowest BCUT2D eigenvalue weighted by Crippen LogP contribution is -2.23. The van der Waals surface area contributed by atoms with E-state index in [1.165, 1.54) is 115 Å². The molecule has 0 fully saturated rings. The summed E-state index contributed by atoms with van der Waals surface area (Å²) in [4.78, 5) is 2.49. The van der Waals surface area contributed by atoms with E-state index in [4.69, 9.17) is 0 Å². The topological polar surface area (TPSA) is 3.24 Å². The molecule has 1 aromatic rings. The lowest BCUT2D eigenvalue weighted by atomic mass is 10.0. The summed E-state index contributed by atoms with van der Waals surface area (Å²) in [6.07, 6.45) is 24.3. The van der Waals surface area contributed by atoms with E-state index in [0.29, 0.717) is 0 Å². The van der Waals surface area contributed by atoms with E-state index in [0.717, 1.165) is 13.1 Å². The van der Waals surface area contributed by atoms with Crippen LogP contribution in [0.2, 0.25) is 0 Å². The number of benzene rings is 1. The van der Waals surface area contributed by atoms with Gasteiger partial charge in [-0.3, -0.25) is 0 Å². The average molecular weight is 483 g/mol. The first kappa shape index (κ1) is 29.5. The summed E-state index contributed by atoms with van der Waals surface area (Å²) in [5, 5.41) is 0. The van der Waals surface area contributed by atoms with Crippen LogP contribution in [-0.2, 0) is 6.42 Å². The van der Waals surface area contributed by atoms with Gasteiger partial charge in [0, 0.05) is 18.8 Å². The van der Waals surface area contributed by atoms with E-state index in [-0.39, 0.29) is 17.0 Å². The summed E-state index contributed by atoms with van der Waals surface area (Å²) in [5.74, 6) is 0. The molecule has 0 unspecified atom stereocenters. The van der Waals surface area contributed by atoms with Gasteiger partial charge >= 0.3 is 0 Å². The van der Waals surface area contributed by atoms with Crippen molar-refractivity contribution in [3.8, 4) is 0 Å². The van der Waals surface area contributed by atoms with Crippen LogP contribution in [0.1, 0.15) is 129 Å². The smallest absolute Gasteiger partial charge is 0.0398 e. The van der Waals surface area contributed by atoms with Crippen LogP contribution >= 0.6 is 17.0 Å². The van der Waals surface area contributed by atoms with Crippen LogP contribution < -0.4 is 4.90 Å². The molecule has 0 heterocycles. The summed E-state index contributed by atoms with van der Waals surface area (Å²) in [7, 11) is 0. The normalized spacial score (nSPS) is 10.8. The van der Waals surface area contributed by atoms with Crippen molar-refractivity contribution in [3.63, 3.8) is 0 Å². The molecule has 1 rings (SSSR count). The molecule has 0 amide bonds. The van der Waals surface area contributed by atoms with E-state index in [1.54, 1.807) is 5.56 Å². The minimum absolute atomic E-state index is 0. The second-order valence-corrected chi connectivity index (χ2v) is 8.85. The van der Waals surface area contributed by atoms with Crippen LogP contribution in [0.3, 0.4) is 0 Å². The lowest BCUT2D eigenvalue weighted by Gasteiger charge is -2.24. The molecule has 0 aliphatic heterocycles. The Kier molecular flexibility index (Phi) is 21.4. The summed E-state index contributed by atoms with van der Waals surface area (Å²) in [6.45, 7) is 9.02. The van der Waals surface area contributed by atoms with Gasteiger partial charge in [-0.15, -0.1) is 17.0 Å². The number of halogens is 1. The molecule has 0 aromatic heterocycles. The first-order valence-electron chi connectivity index (χ1n) is 13.2. The van der Waals surface area contributed by atoms with Crippen molar-refractivity contribution in [1.29, 1.82) is 0 Å². The predicted octanol–water partition coefficient (Wildman–Crippen LogP) is 9.91. The standard InChI is InChI=1S/C28H51N.BrH/c1-4-7-8-9-10-11-12-13-14-15-16-17-18-19-20-21-24-27-25-22-23-26-28(27)29(5-2)6-3;/h22-23,25-26H,4-21,24H2,1-3H3;1H. The Morgan fingerprint density at radius 2 is 0.933 bits per heavy atom. The van der Waals surface area contributed by atoms with E-state index in [2.05, 4.69) is 49.9 Å². The van der Waals surface area contributed by atoms with Gasteiger partial charge in [-0.2, -0.15) is 0 Å². The Labute approximate surface area is 200 Å². The number of rotatable bonds is 20. The monoisotopic (exact) mass is 481 g/mol. The maximum atomic E-state index is 2.49. The fraction of sp³-hybridized carbons (Fsp3) is 0.786. The highest BCUT2D eigenvalue weighted by Crippen LogP contribution is 2.22. The molecule has 0 spiro atoms. The molecule has 1 aromatic carbocycles. The van der Waals surface area contributed by atoms with Gasteiger partial charge in [0.25, 0.3) is 0 Å². The van der Waals surface area contributed by atoms with Crippen molar-refractivity contribution in [2.24, 2.45) is 0 Å². The molecule has 0 saturated carbocycles. The Hall–Kier alpha value is -0.500. The maximum Gasteiger partial charge on any atom is 0.0398 e. The highest BCUT2D eigenvalue weighted by atomic mass is 79.9. The number of hydrogen-bond donors (Lipinski definition) is 0. The third kappa shape index (κ3) is 14.5. The fourth-order valence-electron chi connectivity index (χ4n) is 4.46. The zero-order chi connectivity index (χ0) is 21.0. The van der Waals surface area contributed by atoms with E-state index in [9.17, 15) is 0 Å². The van der Waals surface area contributed by atoms with Crippen molar-refractivity contribution < 1.29 is 0 Å². The molecule has 0 aliphatic rings. The van der Waals surface area contributed by atoms with Gasteiger partial charge in [-0.25, -0.2) is 0 Å². The zero-order valence-corrected chi connectivity index (χ0v) is 22.3. The van der Waals surface area contributed by atoms with Gasteiger partial charge in [0.1, 0.15) is 0 Å². The third-order valence-corrected chi connectivity index (χ3v) is 6.40. The van der Waals surface area contributed by atoms with Gasteiger partial charge in [0.2, 0.25) is 0 Å². The van der Waals surface area contributed by atoms with Crippen LogP contribution in [0.25, 0.3) is 0 Å². The molecule has 0 saturated heterocycles. The highest BCUT2D eigenvalue weighted by molar-refractivity contribution is 8.93. The molecule has 176 valence electrons. The molecule has 2 heteroatoms. The highest BCUT2D eigenvalue weighted by Gasteiger charge is 2.07. The summed E-state index contributed by atoms with van der Waals surface area (Å²) < 4.78 is 0. The Morgan fingerprint density at radius 3 is 1.37 bits per heavy atom. The molecule has 0 bridgehead atoms. The Bertz CT molecular complexity index is 469. The first-order chi connectivity index (χ1) is 14.3. The fourth-order valence-corrected chi connectivity index (χ4v) is 4.46. The predicted molar refractivity (Wildman–Crippen MR) is 144 cm³/mol. The van der Waals surface area contributed by atoms with Gasteiger partial charge in [0.05, 0.1) is 0 Å². The van der Waals surface area contributed by atoms with E-state index >= 15 is 0 Å². The van der Waals surface area contributed by atoms with Crippen LogP contribution in [0.4, 0.5) is 5.69 Å². The van der Waals surface area contributed by atoms with Crippen molar-refractivity contribution in [2.45, 2.75) is 130 Å². The summed E-state index contributed by atoms with van der Waals surface area (Å²) >= 11 is 0. The van der Waals surface area contributed by atoms with Gasteiger partial charge in [-0.05, 0) is 38.3 Å². The average Bonchev–Trinajstić information content (AvgIpc) is 2.75. The van der Waals surface area contributed by atoms with E-state index < -0.39 is 0 Å². The van der Waals surface area contributed by atoms with Gasteiger partial charge in [0.15, 0.2) is 0 Å². The number of hydrogen-bond acceptors (Lipinski definition) is 1. The van der Waals surface area contributed by atoms with Crippen LogP contribution in [0.5, 0.6) is 0 Å². The molecule has 0 atom stereocenters. The van der Waals surface area contributed by atoms with Crippen LogP contribution in [-0.4, -0.2) is 13.1 Å². The zero-order valence-electron chi connectivity index (χ0n) is 20.6. The second kappa shape index (κ2) is 21.7. The maximum absolute atomic E-state index is 2.49. The van der Waals surface area contributed by atoms with Crippen molar-refractivity contribution in [2.75, 3.05) is 18.0 Å². The number of nitrogens with zero attached hydrogens (tertiary/aromatic N) is 1. The third-order valence-electron chi connectivity index (χ3n) is 6.40. The molecule has 0 N–H and O–H groups in total. The van der Waals surface area contributed by atoms with Crippen molar-refractivity contribution in [3.05, 3.63) is 29.8 Å². The van der Waals surface area contributed by atoms with E-state index in [1.807, 2.05) is 0 Å². The van der Waals surface area contributed by atoms with Gasteiger partial charge < -0.3 is 4.90 Å². The molecule has 30 heavy (non-hydrogen) atoms. The Balaban J connectivity index is 0.00000841. The largest absolute Gasteiger partial charge is 0.372 e. The lowest BCUT2D eigenvalue weighted by molar-refractivity contribution is 0.529. The summed E-state index contributed by atoms with van der Waals surface area (Å²) in [6, 6.07) is 9.02. The minimum Gasteiger partial charge on any atom is -0.372 e. The number of aryl methyl sites for hydroxylation is 1. The summed E-state index contributed by atoms with van der Waals surface area (Å²) in [5.41, 5.74) is 3.00. The van der Waals surface area contributed by atoms with Crippen LogP contribution in [0, 0.1) is 0 Å². The first-order valence-corrected chi connectivity index (χ1v) is 13.2. The second-order valence-electron chi connectivity index (χ2n) is 8.85. The minimum atomic E-state index is 0. The number of anilines is 1. The molecular weight excluding hydrogens is 430 g/mol. The Morgan fingerprint density at radius 1 is 0.533 bits per heavy atom. The van der Waals surface area contributed by atoms with Gasteiger partial charge in [-0.1, -0.05) is 121 Å². The quantitative estimate of drug-likeness (QED) is 0.167.